The summed E-state index contributed by atoms with van der Waals surface area (Å²) in [6.07, 6.45) is 3.80. The lowest BCUT2D eigenvalue weighted by Crippen LogP contribution is -2.01. The predicted octanol–water partition coefficient (Wildman–Crippen LogP) is 3.61. The van der Waals surface area contributed by atoms with Crippen LogP contribution in [0.15, 0.2) is 53.3 Å². The summed E-state index contributed by atoms with van der Waals surface area (Å²) in [4.78, 5) is 0. The van der Waals surface area contributed by atoms with Gasteiger partial charge in [-0.15, -0.1) is 0 Å². The van der Waals surface area contributed by atoms with Gasteiger partial charge in [-0.1, -0.05) is 34.1 Å². The van der Waals surface area contributed by atoms with Gasteiger partial charge in [-0.05, 0) is 40.1 Å². The number of aromatic nitrogens is 2. The van der Waals surface area contributed by atoms with Crippen LogP contribution in [0.2, 0.25) is 0 Å². The van der Waals surface area contributed by atoms with E-state index in [4.69, 9.17) is 0 Å². The Labute approximate surface area is 126 Å². The molecule has 0 amide bonds. The molecule has 0 bridgehead atoms. The van der Waals surface area contributed by atoms with Crippen LogP contribution in [0.25, 0.3) is 10.8 Å². The Morgan fingerprint density at radius 3 is 2.70 bits per heavy atom. The number of hydrogen-bond acceptors (Lipinski definition) is 2. The standard InChI is InChI=1S/C16H15BrN2O/c1-19-10-11(9-18-19)6-16(20)14-3-2-13-8-15(17)5-4-12(13)7-14/h2-5,7-10,16,20H,6H2,1H3. The van der Waals surface area contributed by atoms with Gasteiger partial charge in [0, 0.05) is 24.1 Å². The summed E-state index contributed by atoms with van der Waals surface area (Å²) in [7, 11) is 1.88. The molecule has 1 unspecified atom stereocenters. The van der Waals surface area contributed by atoms with E-state index in [2.05, 4.69) is 33.2 Å². The lowest BCUT2D eigenvalue weighted by atomic mass is 10.00. The first-order valence-corrected chi connectivity index (χ1v) is 7.26. The van der Waals surface area contributed by atoms with E-state index in [1.807, 2.05) is 37.5 Å². The van der Waals surface area contributed by atoms with Gasteiger partial charge in [0.25, 0.3) is 0 Å². The van der Waals surface area contributed by atoms with E-state index in [1.54, 1.807) is 10.9 Å². The van der Waals surface area contributed by atoms with Crippen molar-refractivity contribution in [2.75, 3.05) is 0 Å². The predicted molar refractivity (Wildman–Crippen MR) is 83.5 cm³/mol. The monoisotopic (exact) mass is 330 g/mol. The Balaban J connectivity index is 1.87. The van der Waals surface area contributed by atoms with E-state index >= 15 is 0 Å². The number of nitrogens with zero attached hydrogens (tertiary/aromatic N) is 2. The van der Waals surface area contributed by atoms with Crippen LogP contribution in [0, 0.1) is 0 Å². The van der Waals surface area contributed by atoms with Crippen LogP contribution in [0.3, 0.4) is 0 Å². The minimum atomic E-state index is -0.507. The minimum absolute atomic E-state index is 0.507. The van der Waals surface area contributed by atoms with Crippen molar-refractivity contribution < 1.29 is 5.11 Å². The molecule has 0 aliphatic rings. The Kier molecular flexibility index (Phi) is 3.59. The molecule has 1 atom stereocenters. The molecule has 0 radical (unpaired) electrons. The highest BCUT2D eigenvalue weighted by Crippen LogP contribution is 2.25. The first-order chi connectivity index (χ1) is 9.61. The van der Waals surface area contributed by atoms with Crippen LogP contribution in [0.1, 0.15) is 17.2 Å². The van der Waals surface area contributed by atoms with Crippen LogP contribution in [-0.2, 0) is 13.5 Å². The number of aliphatic hydroxyl groups is 1. The van der Waals surface area contributed by atoms with E-state index in [-0.39, 0.29) is 0 Å². The van der Waals surface area contributed by atoms with Gasteiger partial charge in [0.05, 0.1) is 12.3 Å². The molecule has 20 heavy (non-hydrogen) atoms. The van der Waals surface area contributed by atoms with Crippen molar-refractivity contribution in [3.8, 4) is 0 Å². The SMILES string of the molecule is Cn1cc(CC(O)c2ccc3cc(Br)ccc3c2)cn1. The molecule has 1 aromatic heterocycles. The maximum absolute atomic E-state index is 10.4. The van der Waals surface area contributed by atoms with Gasteiger partial charge in [0.2, 0.25) is 0 Å². The molecule has 2 aromatic carbocycles. The van der Waals surface area contributed by atoms with Crippen LogP contribution in [0.4, 0.5) is 0 Å². The second-order valence-electron chi connectivity index (χ2n) is 4.99. The number of fused-ring (bicyclic) bond motifs is 1. The van der Waals surface area contributed by atoms with E-state index in [0.29, 0.717) is 6.42 Å². The number of hydrogen-bond donors (Lipinski definition) is 1. The summed E-state index contributed by atoms with van der Waals surface area (Å²) < 4.78 is 2.81. The molecule has 3 aromatic rings. The van der Waals surface area contributed by atoms with Gasteiger partial charge in [0.1, 0.15) is 0 Å². The largest absolute Gasteiger partial charge is 0.388 e. The third-order valence-corrected chi connectivity index (χ3v) is 3.89. The fraction of sp³-hybridized carbons (Fsp3) is 0.188. The summed E-state index contributed by atoms with van der Waals surface area (Å²) in [6, 6.07) is 12.2. The van der Waals surface area contributed by atoms with Gasteiger partial charge >= 0.3 is 0 Å². The molecule has 3 nitrogen and oxygen atoms in total. The van der Waals surface area contributed by atoms with Gasteiger partial charge in [0.15, 0.2) is 0 Å². The first-order valence-electron chi connectivity index (χ1n) is 6.46. The highest BCUT2D eigenvalue weighted by molar-refractivity contribution is 9.10. The van der Waals surface area contributed by atoms with Crippen molar-refractivity contribution in [3.63, 3.8) is 0 Å². The smallest absolute Gasteiger partial charge is 0.0831 e. The van der Waals surface area contributed by atoms with Crippen molar-refractivity contribution in [2.45, 2.75) is 12.5 Å². The highest BCUT2D eigenvalue weighted by Gasteiger charge is 2.10. The van der Waals surface area contributed by atoms with Crippen molar-refractivity contribution in [3.05, 3.63) is 64.4 Å². The number of aryl methyl sites for hydroxylation is 1. The van der Waals surface area contributed by atoms with E-state index in [0.717, 1.165) is 26.4 Å². The summed E-state index contributed by atoms with van der Waals surface area (Å²) in [5.74, 6) is 0. The summed E-state index contributed by atoms with van der Waals surface area (Å²) in [5.41, 5.74) is 1.97. The normalized spacial score (nSPS) is 12.8. The van der Waals surface area contributed by atoms with E-state index in [1.165, 1.54) is 0 Å². The summed E-state index contributed by atoms with van der Waals surface area (Å²) in [6.45, 7) is 0. The van der Waals surface area contributed by atoms with E-state index in [9.17, 15) is 5.11 Å². The Hall–Kier alpha value is -1.65. The van der Waals surface area contributed by atoms with Crippen LogP contribution in [-0.4, -0.2) is 14.9 Å². The maximum Gasteiger partial charge on any atom is 0.0831 e. The minimum Gasteiger partial charge on any atom is -0.388 e. The summed E-state index contributed by atoms with van der Waals surface area (Å²) >= 11 is 3.47. The zero-order valence-electron chi connectivity index (χ0n) is 11.1. The average molecular weight is 331 g/mol. The maximum atomic E-state index is 10.4. The van der Waals surface area contributed by atoms with Crippen LogP contribution in [0.5, 0.6) is 0 Å². The van der Waals surface area contributed by atoms with E-state index < -0.39 is 6.10 Å². The molecule has 0 saturated carbocycles. The molecule has 4 heteroatoms. The number of aliphatic hydroxyl groups excluding tert-OH is 1. The third kappa shape index (κ3) is 2.76. The molecule has 0 saturated heterocycles. The number of rotatable bonds is 3. The van der Waals surface area contributed by atoms with Crippen molar-refractivity contribution in [1.29, 1.82) is 0 Å². The second kappa shape index (κ2) is 5.38. The van der Waals surface area contributed by atoms with Gasteiger partial charge < -0.3 is 5.11 Å². The molecule has 1 N–H and O–H groups in total. The molecule has 0 aliphatic heterocycles. The summed E-state index contributed by atoms with van der Waals surface area (Å²) in [5, 5.41) is 16.8. The quantitative estimate of drug-likeness (QED) is 0.796. The average Bonchev–Trinajstić information content (AvgIpc) is 2.83. The third-order valence-electron chi connectivity index (χ3n) is 3.40. The zero-order valence-corrected chi connectivity index (χ0v) is 12.7. The topological polar surface area (TPSA) is 38.0 Å². The fourth-order valence-electron chi connectivity index (χ4n) is 2.36. The van der Waals surface area contributed by atoms with Crippen molar-refractivity contribution in [1.82, 2.24) is 9.78 Å². The Morgan fingerprint density at radius 2 is 1.95 bits per heavy atom. The van der Waals surface area contributed by atoms with Gasteiger partial charge in [-0.3, -0.25) is 4.68 Å². The zero-order chi connectivity index (χ0) is 14.1. The molecule has 0 aliphatic carbocycles. The molecular formula is C16H15BrN2O. The molecular weight excluding hydrogens is 316 g/mol. The first kappa shape index (κ1) is 13.3. The lowest BCUT2D eigenvalue weighted by molar-refractivity contribution is 0.178. The van der Waals surface area contributed by atoms with Gasteiger partial charge in [-0.2, -0.15) is 5.10 Å². The fourth-order valence-corrected chi connectivity index (χ4v) is 2.74. The lowest BCUT2D eigenvalue weighted by Gasteiger charge is -2.11. The molecule has 3 rings (SSSR count). The highest BCUT2D eigenvalue weighted by atomic mass is 79.9. The van der Waals surface area contributed by atoms with Crippen LogP contribution >= 0.6 is 15.9 Å². The Morgan fingerprint density at radius 1 is 1.20 bits per heavy atom. The van der Waals surface area contributed by atoms with Crippen molar-refractivity contribution in [2.24, 2.45) is 7.05 Å². The second-order valence-corrected chi connectivity index (χ2v) is 5.91. The van der Waals surface area contributed by atoms with Crippen molar-refractivity contribution >= 4 is 26.7 Å². The number of benzene rings is 2. The van der Waals surface area contributed by atoms with Gasteiger partial charge in [-0.25, -0.2) is 0 Å². The van der Waals surface area contributed by atoms with Crippen LogP contribution < -0.4 is 0 Å². The molecule has 102 valence electrons. The molecule has 1 heterocycles. The number of halogens is 1. The Bertz CT molecular complexity index is 751. The molecule has 0 fully saturated rings. The molecule has 0 spiro atoms.